The van der Waals surface area contributed by atoms with Crippen molar-refractivity contribution < 1.29 is 4.74 Å². The van der Waals surface area contributed by atoms with Gasteiger partial charge < -0.3 is 9.14 Å². The largest absolute Gasteiger partial charge is 0.381 e. The summed E-state index contributed by atoms with van der Waals surface area (Å²) in [4.78, 5) is 4.61. The second kappa shape index (κ2) is 3.61. The first-order chi connectivity index (χ1) is 7.33. The van der Waals surface area contributed by atoms with E-state index in [-0.39, 0.29) is 0 Å². The molecule has 0 bridgehead atoms. The molecule has 1 aliphatic heterocycles. The van der Waals surface area contributed by atoms with E-state index in [1.54, 1.807) is 0 Å². The summed E-state index contributed by atoms with van der Waals surface area (Å²) in [6, 6.07) is 4.04. The summed E-state index contributed by atoms with van der Waals surface area (Å²) in [5.41, 5.74) is 2.14. The van der Waals surface area contributed by atoms with Crippen LogP contribution in [0.15, 0.2) is 29.0 Å². The maximum Gasteiger partial charge on any atom is 0.138 e. The molecule has 3 nitrogen and oxygen atoms in total. The topological polar surface area (TPSA) is 26.5 Å². The number of ether oxygens (including phenoxy) is 1. The fraction of sp³-hybridized carbons (Fsp3) is 0.364. The predicted octanol–water partition coefficient (Wildman–Crippen LogP) is 2.60. The van der Waals surface area contributed by atoms with Crippen LogP contribution in [0.1, 0.15) is 18.0 Å². The van der Waals surface area contributed by atoms with Gasteiger partial charge in [-0.1, -0.05) is 15.9 Å². The van der Waals surface area contributed by atoms with Crippen molar-refractivity contribution in [2.75, 3.05) is 13.2 Å². The van der Waals surface area contributed by atoms with E-state index in [4.69, 9.17) is 4.74 Å². The van der Waals surface area contributed by atoms with Crippen LogP contribution in [0.3, 0.4) is 0 Å². The Morgan fingerprint density at radius 2 is 2.47 bits per heavy atom. The zero-order valence-corrected chi connectivity index (χ0v) is 9.77. The number of halogens is 1. The summed E-state index contributed by atoms with van der Waals surface area (Å²) in [6.45, 7) is 1.67. The minimum absolute atomic E-state index is 0.476. The Bertz CT molecular complexity index is 488. The van der Waals surface area contributed by atoms with Gasteiger partial charge in [0.25, 0.3) is 0 Å². The Hall–Kier alpha value is -0.870. The lowest BCUT2D eigenvalue weighted by Gasteiger charge is -2.00. The van der Waals surface area contributed by atoms with Crippen LogP contribution < -0.4 is 0 Å². The van der Waals surface area contributed by atoms with Gasteiger partial charge in [-0.05, 0) is 18.6 Å². The highest BCUT2D eigenvalue weighted by Gasteiger charge is 2.20. The van der Waals surface area contributed by atoms with Crippen molar-refractivity contribution in [3.63, 3.8) is 0 Å². The number of hydrogen-bond donors (Lipinski definition) is 0. The molecule has 2 aromatic rings. The average Bonchev–Trinajstić information content (AvgIpc) is 2.84. The number of rotatable bonds is 1. The third-order valence-corrected chi connectivity index (χ3v) is 3.28. The lowest BCUT2D eigenvalue weighted by molar-refractivity contribution is 0.193. The molecule has 1 unspecified atom stereocenters. The van der Waals surface area contributed by atoms with Crippen LogP contribution in [0, 0.1) is 0 Å². The van der Waals surface area contributed by atoms with Gasteiger partial charge in [-0.15, -0.1) is 0 Å². The smallest absolute Gasteiger partial charge is 0.138 e. The maximum atomic E-state index is 5.37. The summed E-state index contributed by atoms with van der Waals surface area (Å²) in [5.74, 6) is 0.476. The highest BCUT2D eigenvalue weighted by Crippen LogP contribution is 2.25. The number of nitrogens with zero attached hydrogens (tertiary/aromatic N) is 2. The molecule has 3 rings (SSSR count). The molecule has 0 N–H and O–H groups in total. The fourth-order valence-electron chi connectivity index (χ4n) is 1.94. The van der Waals surface area contributed by atoms with E-state index in [2.05, 4.69) is 31.5 Å². The lowest BCUT2D eigenvalue weighted by atomic mass is 10.1. The van der Waals surface area contributed by atoms with Gasteiger partial charge in [-0.3, -0.25) is 0 Å². The van der Waals surface area contributed by atoms with Gasteiger partial charge in [0.1, 0.15) is 5.65 Å². The minimum atomic E-state index is 0.476. The third kappa shape index (κ3) is 1.68. The highest BCUT2D eigenvalue weighted by molar-refractivity contribution is 9.10. The van der Waals surface area contributed by atoms with Crippen LogP contribution in [0.2, 0.25) is 0 Å². The molecule has 1 saturated heterocycles. The number of fused-ring (bicyclic) bond motifs is 1. The van der Waals surface area contributed by atoms with Crippen LogP contribution >= 0.6 is 15.9 Å². The Balaban J connectivity index is 2.05. The molecule has 3 heterocycles. The van der Waals surface area contributed by atoms with Crippen molar-refractivity contribution in [3.05, 3.63) is 34.7 Å². The van der Waals surface area contributed by atoms with E-state index in [0.717, 1.165) is 35.4 Å². The quantitative estimate of drug-likeness (QED) is 0.794. The monoisotopic (exact) mass is 266 g/mol. The molecule has 78 valence electrons. The predicted molar refractivity (Wildman–Crippen MR) is 61.1 cm³/mol. The number of imidazole rings is 1. The van der Waals surface area contributed by atoms with Crippen molar-refractivity contribution in [2.45, 2.75) is 12.3 Å². The Morgan fingerprint density at radius 1 is 1.53 bits per heavy atom. The first-order valence-electron chi connectivity index (χ1n) is 5.05. The summed E-state index contributed by atoms with van der Waals surface area (Å²) < 4.78 is 8.49. The number of aromatic nitrogens is 2. The van der Waals surface area contributed by atoms with E-state index in [1.165, 1.54) is 0 Å². The zero-order valence-electron chi connectivity index (χ0n) is 8.19. The SMILES string of the molecule is Brc1ccn2cc(C3CCOC3)nc2c1. The van der Waals surface area contributed by atoms with Gasteiger partial charge in [-0.25, -0.2) is 4.98 Å². The number of pyridine rings is 1. The first kappa shape index (κ1) is 9.36. The van der Waals surface area contributed by atoms with E-state index in [9.17, 15) is 0 Å². The standard InChI is InChI=1S/C11H11BrN2O/c12-9-1-3-14-6-10(13-11(14)5-9)8-2-4-15-7-8/h1,3,5-6,8H,2,4,7H2. The molecule has 1 atom stereocenters. The molecule has 1 fully saturated rings. The highest BCUT2D eigenvalue weighted by atomic mass is 79.9. The molecular formula is C11H11BrN2O. The van der Waals surface area contributed by atoms with E-state index in [0.29, 0.717) is 5.92 Å². The molecular weight excluding hydrogens is 256 g/mol. The zero-order chi connectivity index (χ0) is 10.3. The van der Waals surface area contributed by atoms with Crippen LogP contribution in [0.25, 0.3) is 5.65 Å². The Labute approximate surface area is 96.2 Å². The summed E-state index contributed by atoms with van der Waals surface area (Å²) in [7, 11) is 0. The van der Waals surface area contributed by atoms with Gasteiger partial charge in [0.05, 0.1) is 12.3 Å². The molecule has 0 amide bonds. The summed E-state index contributed by atoms with van der Waals surface area (Å²) in [6.07, 6.45) is 5.21. The van der Waals surface area contributed by atoms with Gasteiger partial charge in [0, 0.05) is 29.4 Å². The second-order valence-corrected chi connectivity index (χ2v) is 4.75. The fourth-order valence-corrected chi connectivity index (χ4v) is 2.26. The molecule has 0 radical (unpaired) electrons. The van der Waals surface area contributed by atoms with Crippen molar-refractivity contribution in [2.24, 2.45) is 0 Å². The van der Waals surface area contributed by atoms with Crippen LogP contribution in [0.5, 0.6) is 0 Å². The summed E-state index contributed by atoms with van der Waals surface area (Å²) in [5, 5.41) is 0. The van der Waals surface area contributed by atoms with Crippen molar-refractivity contribution in [1.82, 2.24) is 9.38 Å². The van der Waals surface area contributed by atoms with Crippen LogP contribution in [0.4, 0.5) is 0 Å². The molecule has 15 heavy (non-hydrogen) atoms. The molecule has 0 aliphatic carbocycles. The van der Waals surface area contributed by atoms with Gasteiger partial charge in [-0.2, -0.15) is 0 Å². The van der Waals surface area contributed by atoms with E-state index in [1.807, 2.05) is 18.3 Å². The second-order valence-electron chi connectivity index (χ2n) is 3.84. The number of hydrogen-bond acceptors (Lipinski definition) is 2. The third-order valence-electron chi connectivity index (χ3n) is 2.79. The van der Waals surface area contributed by atoms with Crippen molar-refractivity contribution in [1.29, 1.82) is 0 Å². The molecule has 4 heteroatoms. The van der Waals surface area contributed by atoms with Gasteiger partial charge >= 0.3 is 0 Å². The molecule has 0 aromatic carbocycles. The van der Waals surface area contributed by atoms with Crippen LogP contribution in [-0.2, 0) is 4.74 Å². The molecule has 0 saturated carbocycles. The van der Waals surface area contributed by atoms with Crippen molar-refractivity contribution >= 4 is 21.6 Å². The van der Waals surface area contributed by atoms with Gasteiger partial charge in [0.2, 0.25) is 0 Å². The van der Waals surface area contributed by atoms with Crippen LogP contribution in [-0.4, -0.2) is 22.6 Å². The van der Waals surface area contributed by atoms with Gasteiger partial charge in [0.15, 0.2) is 0 Å². The summed E-state index contributed by atoms with van der Waals surface area (Å²) >= 11 is 3.45. The minimum Gasteiger partial charge on any atom is -0.381 e. The van der Waals surface area contributed by atoms with E-state index < -0.39 is 0 Å². The first-order valence-corrected chi connectivity index (χ1v) is 5.84. The molecule has 2 aromatic heterocycles. The molecule has 1 aliphatic rings. The normalized spacial score (nSPS) is 21.3. The van der Waals surface area contributed by atoms with E-state index >= 15 is 0 Å². The maximum absolute atomic E-state index is 5.37. The average molecular weight is 267 g/mol. The lowest BCUT2D eigenvalue weighted by Crippen LogP contribution is -1.96. The van der Waals surface area contributed by atoms with Crippen molar-refractivity contribution in [3.8, 4) is 0 Å². The Morgan fingerprint density at radius 3 is 3.27 bits per heavy atom. The molecule has 0 spiro atoms. The Kier molecular flexibility index (Phi) is 2.25.